The Bertz CT molecular complexity index is 1560. The lowest BCUT2D eigenvalue weighted by Gasteiger charge is -2.12. The van der Waals surface area contributed by atoms with Crippen molar-refractivity contribution in [1.29, 1.82) is 0 Å². The summed E-state index contributed by atoms with van der Waals surface area (Å²) in [5.41, 5.74) is 2.78. The molecule has 0 aliphatic rings. The number of aryl methyl sites for hydroxylation is 1. The van der Waals surface area contributed by atoms with E-state index in [1.807, 2.05) is 73.7 Å². The molecule has 35 heavy (non-hydrogen) atoms. The number of oxazole rings is 1. The number of methoxy groups -OCH3 is 2. The topological polar surface area (TPSA) is 79.4 Å². The Balaban J connectivity index is 1.53. The lowest BCUT2D eigenvalue weighted by atomic mass is 10.2. The Morgan fingerprint density at radius 3 is 2.46 bits per heavy atom. The molecule has 0 fully saturated rings. The fourth-order valence-corrected chi connectivity index (χ4v) is 4.89. The molecule has 0 aliphatic heterocycles. The Labute approximate surface area is 206 Å². The SMILES string of the molecule is COc1cccc(-c2nc(CSc3nc4ccccc4c(=O)n3-c3ccccc3)c(C)o2)c1OC. The van der Waals surface area contributed by atoms with Gasteiger partial charge in [0, 0.05) is 5.75 Å². The summed E-state index contributed by atoms with van der Waals surface area (Å²) in [6.45, 7) is 1.87. The van der Waals surface area contributed by atoms with Gasteiger partial charge in [0.15, 0.2) is 16.7 Å². The summed E-state index contributed by atoms with van der Waals surface area (Å²) in [7, 11) is 3.18. The first-order chi connectivity index (χ1) is 17.1. The van der Waals surface area contributed by atoms with Crippen LogP contribution in [0.1, 0.15) is 11.5 Å². The van der Waals surface area contributed by atoms with Crippen LogP contribution in [0.15, 0.2) is 87.2 Å². The van der Waals surface area contributed by atoms with Gasteiger partial charge in [0.2, 0.25) is 5.89 Å². The molecule has 0 N–H and O–H groups in total. The van der Waals surface area contributed by atoms with Gasteiger partial charge in [-0.05, 0) is 43.3 Å². The van der Waals surface area contributed by atoms with Crippen molar-refractivity contribution in [3.05, 3.63) is 94.6 Å². The molecule has 8 heteroatoms. The zero-order valence-electron chi connectivity index (χ0n) is 19.5. The first-order valence-electron chi connectivity index (χ1n) is 11.0. The molecule has 0 atom stereocenters. The van der Waals surface area contributed by atoms with E-state index in [-0.39, 0.29) is 5.56 Å². The van der Waals surface area contributed by atoms with Crippen LogP contribution in [0, 0.1) is 6.92 Å². The zero-order valence-corrected chi connectivity index (χ0v) is 20.3. The Kier molecular flexibility index (Phi) is 6.29. The van der Waals surface area contributed by atoms with E-state index in [9.17, 15) is 4.79 Å². The molecule has 5 aromatic rings. The van der Waals surface area contributed by atoms with Gasteiger partial charge in [0.25, 0.3) is 5.56 Å². The van der Waals surface area contributed by atoms with Crippen LogP contribution in [0.4, 0.5) is 0 Å². The van der Waals surface area contributed by atoms with Gasteiger partial charge in [0.05, 0.1) is 42.1 Å². The molecule has 3 aromatic carbocycles. The summed E-state index contributed by atoms with van der Waals surface area (Å²) in [5, 5.41) is 1.16. The van der Waals surface area contributed by atoms with Crippen LogP contribution in [0.3, 0.4) is 0 Å². The molecule has 0 saturated heterocycles. The van der Waals surface area contributed by atoms with Crippen molar-refractivity contribution in [1.82, 2.24) is 14.5 Å². The average Bonchev–Trinajstić information content (AvgIpc) is 3.27. The van der Waals surface area contributed by atoms with Crippen LogP contribution >= 0.6 is 11.8 Å². The van der Waals surface area contributed by atoms with Crippen molar-refractivity contribution in [2.45, 2.75) is 17.8 Å². The van der Waals surface area contributed by atoms with Crippen LogP contribution in [0.25, 0.3) is 28.0 Å². The van der Waals surface area contributed by atoms with E-state index in [0.717, 1.165) is 11.4 Å². The minimum atomic E-state index is -0.108. The number of para-hydroxylation sites is 3. The zero-order chi connectivity index (χ0) is 24.4. The van der Waals surface area contributed by atoms with Crippen molar-refractivity contribution in [3.8, 4) is 28.6 Å². The quantitative estimate of drug-likeness (QED) is 0.217. The summed E-state index contributed by atoms with van der Waals surface area (Å²) < 4.78 is 18.6. The van der Waals surface area contributed by atoms with Crippen molar-refractivity contribution in [3.63, 3.8) is 0 Å². The smallest absolute Gasteiger partial charge is 0.266 e. The number of hydrogen-bond donors (Lipinski definition) is 0. The highest BCUT2D eigenvalue weighted by molar-refractivity contribution is 7.98. The number of thioether (sulfide) groups is 1. The minimum absolute atomic E-state index is 0.108. The molecule has 0 aliphatic carbocycles. The van der Waals surface area contributed by atoms with E-state index in [4.69, 9.17) is 23.9 Å². The molecule has 7 nitrogen and oxygen atoms in total. The molecule has 0 saturated carbocycles. The summed E-state index contributed by atoms with van der Waals surface area (Å²) in [6, 6.07) is 22.5. The fourth-order valence-electron chi connectivity index (χ4n) is 3.88. The number of nitrogens with zero attached hydrogens (tertiary/aromatic N) is 3. The van der Waals surface area contributed by atoms with Crippen LogP contribution in [0.5, 0.6) is 11.5 Å². The van der Waals surface area contributed by atoms with Crippen molar-refractivity contribution in [2.75, 3.05) is 14.2 Å². The second kappa shape index (κ2) is 9.68. The standard InChI is InChI=1S/C27H23N3O4S/c1-17-22(28-25(34-17)20-13-9-15-23(32-2)24(20)33-3)16-35-27-29-21-14-8-7-12-19(21)26(31)30(27)18-10-5-4-6-11-18/h4-15H,16H2,1-3H3. The normalized spacial score (nSPS) is 11.1. The van der Waals surface area contributed by atoms with E-state index in [1.54, 1.807) is 24.9 Å². The molecule has 176 valence electrons. The molecule has 5 rings (SSSR count). The Hall–Kier alpha value is -4.04. The highest BCUT2D eigenvalue weighted by Crippen LogP contribution is 2.38. The number of aromatic nitrogens is 3. The van der Waals surface area contributed by atoms with Gasteiger partial charge in [-0.1, -0.05) is 48.2 Å². The second-order valence-corrected chi connectivity index (χ2v) is 8.68. The molecule has 2 heterocycles. The van der Waals surface area contributed by atoms with E-state index >= 15 is 0 Å². The lowest BCUT2D eigenvalue weighted by Crippen LogP contribution is -2.21. The van der Waals surface area contributed by atoms with Gasteiger partial charge in [-0.2, -0.15) is 0 Å². The van der Waals surface area contributed by atoms with Gasteiger partial charge < -0.3 is 13.9 Å². The van der Waals surface area contributed by atoms with Gasteiger partial charge in [-0.25, -0.2) is 9.97 Å². The van der Waals surface area contributed by atoms with E-state index < -0.39 is 0 Å². The maximum Gasteiger partial charge on any atom is 0.266 e. The van der Waals surface area contributed by atoms with Crippen molar-refractivity contribution >= 4 is 22.7 Å². The van der Waals surface area contributed by atoms with Gasteiger partial charge in [-0.15, -0.1) is 0 Å². The molecule has 0 radical (unpaired) electrons. The minimum Gasteiger partial charge on any atom is -0.493 e. The lowest BCUT2D eigenvalue weighted by molar-refractivity contribution is 0.355. The third kappa shape index (κ3) is 4.28. The highest BCUT2D eigenvalue weighted by atomic mass is 32.2. The molecule has 0 amide bonds. The molecule has 2 aromatic heterocycles. The van der Waals surface area contributed by atoms with E-state index in [1.165, 1.54) is 11.8 Å². The number of rotatable bonds is 7. The second-order valence-electron chi connectivity index (χ2n) is 7.74. The molecule has 0 bridgehead atoms. The highest BCUT2D eigenvalue weighted by Gasteiger charge is 2.20. The predicted molar refractivity (Wildman–Crippen MR) is 137 cm³/mol. The van der Waals surface area contributed by atoms with Crippen LogP contribution in [-0.2, 0) is 5.75 Å². The first kappa shape index (κ1) is 22.7. The third-order valence-corrected chi connectivity index (χ3v) is 6.57. The maximum atomic E-state index is 13.4. The Morgan fingerprint density at radius 1 is 0.914 bits per heavy atom. The van der Waals surface area contributed by atoms with Gasteiger partial charge in [0.1, 0.15) is 5.76 Å². The number of hydrogen-bond acceptors (Lipinski definition) is 7. The van der Waals surface area contributed by atoms with Gasteiger partial charge >= 0.3 is 0 Å². The maximum absolute atomic E-state index is 13.4. The molecule has 0 spiro atoms. The molecular weight excluding hydrogens is 462 g/mol. The summed E-state index contributed by atoms with van der Waals surface area (Å²) in [5.74, 6) is 2.76. The molecule has 0 unspecified atom stereocenters. The predicted octanol–water partition coefficient (Wildman–Crippen LogP) is 5.66. The van der Waals surface area contributed by atoms with Gasteiger partial charge in [-0.3, -0.25) is 9.36 Å². The van der Waals surface area contributed by atoms with E-state index in [0.29, 0.717) is 50.5 Å². The summed E-state index contributed by atoms with van der Waals surface area (Å²) in [6.07, 6.45) is 0. The van der Waals surface area contributed by atoms with Crippen molar-refractivity contribution < 1.29 is 13.9 Å². The monoisotopic (exact) mass is 485 g/mol. The molecular formula is C27H23N3O4S. The average molecular weight is 486 g/mol. The van der Waals surface area contributed by atoms with E-state index in [2.05, 4.69) is 0 Å². The fraction of sp³-hybridized carbons (Fsp3) is 0.148. The number of ether oxygens (including phenoxy) is 2. The van der Waals surface area contributed by atoms with Crippen LogP contribution < -0.4 is 15.0 Å². The number of fused-ring (bicyclic) bond motifs is 1. The largest absolute Gasteiger partial charge is 0.493 e. The summed E-state index contributed by atoms with van der Waals surface area (Å²) in [4.78, 5) is 22.9. The Morgan fingerprint density at radius 2 is 1.69 bits per heavy atom. The third-order valence-electron chi connectivity index (χ3n) is 5.62. The van der Waals surface area contributed by atoms with Crippen LogP contribution in [-0.4, -0.2) is 28.8 Å². The van der Waals surface area contributed by atoms with Crippen molar-refractivity contribution in [2.24, 2.45) is 0 Å². The summed E-state index contributed by atoms with van der Waals surface area (Å²) >= 11 is 1.44. The van der Waals surface area contributed by atoms with Crippen LogP contribution in [0.2, 0.25) is 0 Å². The number of benzene rings is 3. The first-order valence-corrected chi connectivity index (χ1v) is 12.0.